The number of nitrogens with zero attached hydrogens (tertiary/aromatic N) is 5. The lowest BCUT2D eigenvalue weighted by molar-refractivity contribution is -0.111. The lowest BCUT2D eigenvalue weighted by Crippen LogP contribution is -2.31. The third-order valence-corrected chi connectivity index (χ3v) is 6.70. The molecular formula is C30H30N8O2. The largest absolute Gasteiger partial charge is 0.360 e. The number of hydrogen-bond donors (Lipinski definition) is 3. The number of para-hydroxylation sites is 1. The Bertz CT molecular complexity index is 1600. The van der Waals surface area contributed by atoms with Crippen molar-refractivity contribution in [3.8, 4) is 17.3 Å². The van der Waals surface area contributed by atoms with E-state index in [-0.39, 0.29) is 17.9 Å². The summed E-state index contributed by atoms with van der Waals surface area (Å²) < 4.78 is 0. The molecule has 2 aromatic heterocycles. The molecule has 0 saturated carbocycles. The molecule has 2 aromatic carbocycles. The van der Waals surface area contributed by atoms with E-state index < -0.39 is 0 Å². The first-order chi connectivity index (χ1) is 19.4. The number of fused-ring (bicyclic) bond motifs is 1. The third-order valence-electron chi connectivity index (χ3n) is 6.70. The van der Waals surface area contributed by atoms with Crippen LogP contribution in [0.2, 0.25) is 0 Å². The molecule has 1 saturated heterocycles. The van der Waals surface area contributed by atoms with Gasteiger partial charge in [0, 0.05) is 65.7 Å². The first kappa shape index (κ1) is 26.6. The molecule has 0 radical (unpaired) electrons. The average molecular weight is 535 g/mol. The van der Waals surface area contributed by atoms with Gasteiger partial charge in [-0.1, -0.05) is 24.3 Å². The van der Waals surface area contributed by atoms with Crippen LogP contribution in [-0.2, 0) is 4.79 Å². The van der Waals surface area contributed by atoms with Crippen LogP contribution in [0.3, 0.4) is 0 Å². The number of hydrogen-bond acceptors (Lipinski definition) is 7. The van der Waals surface area contributed by atoms with Crippen molar-refractivity contribution in [1.29, 1.82) is 5.26 Å². The fraction of sp³-hybridized carbons (Fsp3) is 0.233. The van der Waals surface area contributed by atoms with Crippen LogP contribution in [0, 0.1) is 11.3 Å². The summed E-state index contributed by atoms with van der Waals surface area (Å²) in [5.74, 6) is 0.124. The number of likely N-dealkylation sites (N-methyl/N-ethyl adjacent to an activating group) is 1. The zero-order valence-corrected chi connectivity index (χ0v) is 22.4. The van der Waals surface area contributed by atoms with Crippen molar-refractivity contribution in [1.82, 2.24) is 24.8 Å². The molecule has 0 aliphatic carbocycles. The summed E-state index contributed by atoms with van der Waals surface area (Å²) in [7, 11) is 3.86. The Kier molecular flexibility index (Phi) is 7.84. The van der Waals surface area contributed by atoms with Gasteiger partial charge in [0.2, 0.25) is 11.9 Å². The van der Waals surface area contributed by atoms with Crippen molar-refractivity contribution in [3.63, 3.8) is 0 Å². The number of carbonyl (C=O) groups is 2. The maximum absolute atomic E-state index is 13.1. The van der Waals surface area contributed by atoms with E-state index in [9.17, 15) is 14.9 Å². The van der Waals surface area contributed by atoms with Gasteiger partial charge in [0.1, 0.15) is 6.07 Å². The summed E-state index contributed by atoms with van der Waals surface area (Å²) in [6, 6.07) is 16.9. The highest BCUT2D eigenvalue weighted by Crippen LogP contribution is 2.30. The second kappa shape index (κ2) is 11.8. The lowest BCUT2D eigenvalue weighted by atomic mass is 10.1. The standard InChI is InChI=1S/C30H30N8O2/c1-37(2)14-5-8-27(39)34-22-11-9-20(10-12-22)29(40)38-15-13-23(19-38)35-30-33-17-21(16-31)28(36-30)25-18-32-26-7-4-3-6-24(25)26/h3-12,17-18,23,32H,13-15,19H2,1-2H3,(H,34,39)(H,33,35,36). The number of benzene rings is 2. The van der Waals surface area contributed by atoms with E-state index in [1.54, 1.807) is 35.2 Å². The van der Waals surface area contributed by atoms with E-state index >= 15 is 0 Å². The summed E-state index contributed by atoms with van der Waals surface area (Å²) in [6.45, 7) is 1.77. The van der Waals surface area contributed by atoms with E-state index in [1.165, 1.54) is 12.3 Å². The second-order valence-electron chi connectivity index (χ2n) is 9.93. The molecule has 1 aliphatic rings. The van der Waals surface area contributed by atoms with Gasteiger partial charge >= 0.3 is 0 Å². The van der Waals surface area contributed by atoms with E-state index in [0.29, 0.717) is 48.1 Å². The molecule has 4 aromatic rings. The van der Waals surface area contributed by atoms with Crippen LogP contribution in [0.1, 0.15) is 22.3 Å². The summed E-state index contributed by atoms with van der Waals surface area (Å²) >= 11 is 0. The number of nitrogens with one attached hydrogen (secondary N) is 3. The maximum Gasteiger partial charge on any atom is 0.253 e. The van der Waals surface area contributed by atoms with Gasteiger partial charge in [-0.25, -0.2) is 9.97 Å². The molecule has 1 fully saturated rings. The predicted molar refractivity (Wildman–Crippen MR) is 155 cm³/mol. The van der Waals surface area contributed by atoms with Crippen LogP contribution < -0.4 is 10.6 Å². The maximum atomic E-state index is 13.1. The highest BCUT2D eigenvalue weighted by molar-refractivity contribution is 6.00. The molecule has 202 valence electrons. The van der Waals surface area contributed by atoms with Crippen molar-refractivity contribution >= 4 is 34.4 Å². The first-order valence-electron chi connectivity index (χ1n) is 13.0. The molecule has 3 N–H and O–H groups in total. The Morgan fingerprint density at radius 2 is 2.00 bits per heavy atom. The number of amides is 2. The lowest BCUT2D eigenvalue weighted by Gasteiger charge is -2.18. The summed E-state index contributed by atoms with van der Waals surface area (Å²) in [4.78, 5) is 41.2. The number of nitriles is 1. The normalized spacial score (nSPS) is 15.1. The Labute approximate surface area is 232 Å². The van der Waals surface area contributed by atoms with Crippen LogP contribution in [0.4, 0.5) is 11.6 Å². The highest BCUT2D eigenvalue weighted by atomic mass is 16.2. The number of aromatic nitrogens is 3. The Hall–Kier alpha value is -5.01. The molecule has 3 heterocycles. The zero-order chi connectivity index (χ0) is 28.1. The van der Waals surface area contributed by atoms with Gasteiger partial charge in [-0.15, -0.1) is 0 Å². The van der Waals surface area contributed by atoms with Crippen LogP contribution in [-0.4, -0.2) is 76.3 Å². The second-order valence-corrected chi connectivity index (χ2v) is 9.93. The molecule has 0 spiro atoms. The van der Waals surface area contributed by atoms with Crippen molar-refractivity contribution in [2.24, 2.45) is 0 Å². The van der Waals surface area contributed by atoms with Crippen molar-refractivity contribution in [2.45, 2.75) is 12.5 Å². The smallest absolute Gasteiger partial charge is 0.253 e. The Balaban J connectivity index is 1.21. The topological polar surface area (TPSA) is 130 Å². The van der Waals surface area contributed by atoms with Crippen LogP contribution in [0.15, 0.2) is 73.1 Å². The number of H-pyrrole nitrogens is 1. The minimum atomic E-state index is -0.216. The molecule has 1 aliphatic heterocycles. The molecule has 10 nitrogen and oxygen atoms in total. The Morgan fingerprint density at radius 1 is 1.20 bits per heavy atom. The van der Waals surface area contributed by atoms with Crippen LogP contribution in [0.25, 0.3) is 22.2 Å². The van der Waals surface area contributed by atoms with Gasteiger partial charge in [-0.05, 0) is 50.8 Å². The number of rotatable bonds is 8. The van der Waals surface area contributed by atoms with E-state index in [2.05, 4.69) is 31.7 Å². The van der Waals surface area contributed by atoms with E-state index in [1.807, 2.05) is 49.5 Å². The first-order valence-corrected chi connectivity index (χ1v) is 13.0. The number of carbonyl (C=O) groups excluding carboxylic acids is 2. The van der Waals surface area contributed by atoms with Crippen molar-refractivity contribution in [2.75, 3.05) is 44.4 Å². The van der Waals surface area contributed by atoms with Gasteiger partial charge in [-0.3, -0.25) is 9.59 Å². The summed E-state index contributed by atoms with van der Waals surface area (Å²) in [5.41, 5.74) is 3.93. The van der Waals surface area contributed by atoms with Crippen LogP contribution >= 0.6 is 0 Å². The molecule has 10 heteroatoms. The summed E-state index contributed by atoms with van der Waals surface area (Å²) in [6.07, 6.45) is 7.41. The fourth-order valence-electron chi connectivity index (χ4n) is 4.68. The van der Waals surface area contributed by atoms with E-state index in [4.69, 9.17) is 0 Å². The molecule has 2 amide bonds. The molecule has 40 heavy (non-hydrogen) atoms. The monoisotopic (exact) mass is 534 g/mol. The average Bonchev–Trinajstić information content (AvgIpc) is 3.60. The minimum absolute atomic E-state index is 0.0276. The third kappa shape index (κ3) is 6.00. The Morgan fingerprint density at radius 3 is 2.77 bits per heavy atom. The van der Waals surface area contributed by atoms with Gasteiger partial charge in [0.05, 0.1) is 17.5 Å². The van der Waals surface area contributed by atoms with Gasteiger partial charge in [0.15, 0.2) is 0 Å². The molecule has 1 atom stereocenters. The fourth-order valence-corrected chi connectivity index (χ4v) is 4.68. The number of anilines is 2. The zero-order valence-electron chi connectivity index (χ0n) is 22.4. The van der Waals surface area contributed by atoms with Crippen molar-refractivity contribution in [3.05, 3.63) is 84.2 Å². The molecule has 0 bridgehead atoms. The number of likely N-dealkylation sites (tertiary alicyclic amines) is 1. The highest BCUT2D eigenvalue weighted by Gasteiger charge is 2.28. The molecular weight excluding hydrogens is 504 g/mol. The SMILES string of the molecule is CN(C)CC=CC(=O)Nc1ccc(C(=O)N2CCC(Nc3ncc(C#N)c(-c4c[nH]c5ccccc45)n3)C2)cc1. The molecule has 1 unspecified atom stereocenters. The van der Waals surface area contributed by atoms with Gasteiger partial charge < -0.3 is 25.4 Å². The quantitative estimate of drug-likeness (QED) is 0.293. The minimum Gasteiger partial charge on any atom is -0.360 e. The van der Waals surface area contributed by atoms with Crippen molar-refractivity contribution < 1.29 is 9.59 Å². The van der Waals surface area contributed by atoms with Gasteiger partial charge in [0.25, 0.3) is 5.91 Å². The van der Waals surface area contributed by atoms with Gasteiger partial charge in [-0.2, -0.15) is 5.26 Å². The van der Waals surface area contributed by atoms with Crippen LogP contribution in [0.5, 0.6) is 0 Å². The van der Waals surface area contributed by atoms with E-state index in [0.717, 1.165) is 22.9 Å². The number of aromatic amines is 1. The predicted octanol–water partition coefficient (Wildman–Crippen LogP) is 3.88. The molecule has 5 rings (SSSR count). The summed E-state index contributed by atoms with van der Waals surface area (Å²) in [5, 5.41) is 16.8.